The van der Waals surface area contributed by atoms with Gasteiger partial charge in [-0.3, -0.25) is 4.79 Å². The number of hydrogen-bond acceptors (Lipinski definition) is 3. The lowest BCUT2D eigenvalue weighted by atomic mass is 10.0. The summed E-state index contributed by atoms with van der Waals surface area (Å²) in [5.41, 5.74) is 6.42. The summed E-state index contributed by atoms with van der Waals surface area (Å²) in [6.07, 6.45) is 1.94. The lowest BCUT2D eigenvalue weighted by molar-refractivity contribution is 0.0912. The molecule has 20 heavy (non-hydrogen) atoms. The van der Waals surface area contributed by atoms with Crippen molar-refractivity contribution in [1.29, 1.82) is 0 Å². The van der Waals surface area contributed by atoms with E-state index < -0.39 is 0 Å². The van der Waals surface area contributed by atoms with E-state index in [1.807, 2.05) is 0 Å². The van der Waals surface area contributed by atoms with E-state index in [1.54, 1.807) is 12.1 Å². The van der Waals surface area contributed by atoms with Crippen LogP contribution in [-0.4, -0.2) is 36.5 Å². The largest absolute Gasteiger partial charge is 0.396 e. The molecule has 1 aliphatic rings. The van der Waals surface area contributed by atoms with Gasteiger partial charge in [0.25, 0.3) is 5.91 Å². The lowest BCUT2D eigenvalue weighted by Gasteiger charge is -2.31. The fourth-order valence-electron chi connectivity index (χ4n) is 2.38. The van der Waals surface area contributed by atoms with Crippen LogP contribution in [0.2, 0.25) is 10.0 Å². The zero-order chi connectivity index (χ0) is 14.7. The summed E-state index contributed by atoms with van der Waals surface area (Å²) in [5.74, 6) is -0.149. The highest BCUT2D eigenvalue weighted by Crippen LogP contribution is 2.28. The Morgan fingerprint density at radius 2 is 1.90 bits per heavy atom. The van der Waals surface area contributed by atoms with Crippen molar-refractivity contribution in [1.82, 2.24) is 10.2 Å². The van der Waals surface area contributed by atoms with Crippen LogP contribution >= 0.6 is 23.2 Å². The predicted octanol–water partition coefficient (Wildman–Crippen LogP) is 2.79. The number of likely N-dealkylation sites (tertiary alicyclic amines) is 1. The predicted molar refractivity (Wildman–Crippen MR) is 83.5 cm³/mol. The molecule has 0 saturated carbocycles. The standard InChI is InChI=1S/C14H19Cl2N3O/c1-2-19-5-3-10(4-6-19)18-14(20)9-7-11(15)13(17)12(16)8-9/h7-8,10H,2-6,17H2,1H3,(H,18,20). The molecule has 110 valence electrons. The van der Waals surface area contributed by atoms with Gasteiger partial charge in [-0.2, -0.15) is 0 Å². The van der Waals surface area contributed by atoms with Gasteiger partial charge in [-0.05, 0) is 31.5 Å². The molecule has 4 nitrogen and oxygen atoms in total. The van der Waals surface area contributed by atoms with Crippen LogP contribution in [0.1, 0.15) is 30.1 Å². The Kier molecular flexibility index (Phi) is 5.13. The fraction of sp³-hybridized carbons (Fsp3) is 0.500. The molecule has 0 aromatic heterocycles. The van der Waals surface area contributed by atoms with Crippen molar-refractivity contribution in [2.75, 3.05) is 25.4 Å². The number of rotatable bonds is 3. The molecule has 0 aliphatic carbocycles. The Labute approximate surface area is 129 Å². The first-order valence-corrected chi connectivity index (χ1v) is 7.54. The van der Waals surface area contributed by atoms with Crippen molar-refractivity contribution >= 4 is 34.8 Å². The number of benzene rings is 1. The maximum atomic E-state index is 12.2. The number of carbonyl (C=O) groups is 1. The summed E-state index contributed by atoms with van der Waals surface area (Å²) in [6.45, 7) is 5.25. The zero-order valence-corrected chi connectivity index (χ0v) is 13.0. The Morgan fingerprint density at radius 3 is 2.40 bits per heavy atom. The van der Waals surface area contributed by atoms with Crippen LogP contribution in [0.5, 0.6) is 0 Å². The number of carbonyl (C=O) groups excluding carboxylic acids is 1. The first-order valence-electron chi connectivity index (χ1n) is 6.79. The molecule has 1 aromatic rings. The second-order valence-corrected chi connectivity index (χ2v) is 5.85. The topological polar surface area (TPSA) is 58.4 Å². The maximum absolute atomic E-state index is 12.2. The quantitative estimate of drug-likeness (QED) is 0.843. The molecule has 1 fully saturated rings. The van der Waals surface area contributed by atoms with Gasteiger partial charge in [0.1, 0.15) is 0 Å². The summed E-state index contributed by atoms with van der Waals surface area (Å²) in [4.78, 5) is 14.6. The van der Waals surface area contributed by atoms with Crippen LogP contribution in [0.25, 0.3) is 0 Å². The van der Waals surface area contributed by atoms with Crippen molar-refractivity contribution in [3.05, 3.63) is 27.7 Å². The van der Waals surface area contributed by atoms with E-state index in [1.165, 1.54) is 0 Å². The number of halogens is 2. The van der Waals surface area contributed by atoms with Gasteiger partial charge < -0.3 is 16.0 Å². The third-order valence-corrected chi connectivity index (χ3v) is 4.34. The lowest BCUT2D eigenvalue weighted by Crippen LogP contribution is -2.44. The molecule has 6 heteroatoms. The first kappa shape index (κ1) is 15.4. The molecule has 1 aromatic carbocycles. The van der Waals surface area contributed by atoms with Crippen LogP contribution in [0, 0.1) is 0 Å². The van der Waals surface area contributed by atoms with E-state index in [4.69, 9.17) is 28.9 Å². The molecule has 1 amide bonds. The van der Waals surface area contributed by atoms with Gasteiger partial charge in [0.15, 0.2) is 0 Å². The van der Waals surface area contributed by atoms with Crippen molar-refractivity contribution in [3.63, 3.8) is 0 Å². The van der Waals surface area contributed by atoms with Gasteiger partial charge in [0, 0.05) is 24.7 Å². The van der Waals surface area contributed by atoms with Crippen molar-refractivity contribution < 1.29 is 4.79 Å². The van der Waals surface area contributed by atoms with Gasteiger partial charge in [0.05, 0.1) is 15.7 Å². The number of nitrogens with one attached hydrogen (secondary N) is 1. The van der Waals surface area contributed by atoms with Crippen molar-refractivity contribution in [3.8, 4) is 0 Å². The van der Waals surface area contributed by atoms with E-state index in [0.717, 1.165) is 32.5 Å². The third kappa shape index (κ3) is 3.57. The van der Waals surface area contributed by atoms with Crippen molar-refractivity contribution in [2.24, 2.45) is 0 Å². The molecule has 1 saturated heterocycles. The third-order valence-electron chi connectivity index (χ3n) is 3.71. The number of amides is 1. The second kappa shape index (κ2) is 6.66. The van der Waals surface area contributed by atoms with E-state index in [0.29, 0.717) is 21.3 Å². The Bertz CT molecular complexity index is 476. The molecule has 1 heterocycles. The molecule has 0 spiro atoms. The molecular formula is C14H19Cl2N3O. The molecule has 1 aliphatic heterocycles. The fourth-order valence-corrected chi connectivity index (χ4v) is 2.86. The SMILES string of the molecule is CCN1CCC(NC(=O)c2cc(Cl)c(N)c(Cl)c2)CC1. The van der Waals surface area contributed by atoms with Gasteiger partial charge >= 0.3 is 0 Å². The number of piperidine rings is 1. The smallest absolute Gasteiger partial charge is 0.251 e. The number of hydrogen-bond donors (Lipinski definition) is 2. The summed E-state index contributed by atoms with van der Waals surface area (Å²) in [6, 6.07) is 3.32. The van der Waals surface area contributed by atoms with E-state index in [9.17, 15) is 4.79 Å². The summed E-state index contributed by atoms with van der Waals surface area (Å²) >= 11 is 11.9. The maximum Gasteiger partial charge on any atom is 0.251 e. The number of nitrogens with two attached hydrogens (primary N) is 1. The Morgan fingerprint density at radius 1 is 1.35 bits per heavy atom. The van der Waals surface area contributed by atoms with E-state index in [-0.39, 0.29) is 11.9 Å². The van der Waals surface area contributed by atoms with Gasteiger partial charge in [0.2, 0.25) is 0 Å². The van der Waals surface area contributed by atoms with Gasteiger partial charge in [-0.25, -0.2) is 0 Å². The molecule has 0 bridgehead atoms. The first-order chi connectivity index (χ1) is 9.51. The normalized spacial score (nSPS) is 17.1. The minimum absolute atomic E-state index is 0.149. The number of nitrogens with zero attached hydrogens (tertiary/aromatic N) is 1. The molecule has 0 radical (unpaired) electrons. The van der Waals surface area contributed by atoms with E-state index in [2.05, 4.69) is 17.1 Å². The molecule has 3 N–H and O–H groups in total. The van der Waals surface area contributed by atoms with Crippen LogP contribution in [0.4, 0.5) is 5.69 Å². The van der Waals surface area contributed by atoms with Crippen LogP contribution in [-0.2, 0) is 0 Å². The summed E-state index contributed by atoms with van der Waals surface area (Å²) in [5, 5.41) is 3.65. The summed E-state index contributed by atoms with van der Waals surface area (Å²) in [7, 11) is 0. The van der Waals surface area contributed by atoms with Gasteiger partial charge in [-0.1, -0.05) is 30.1 Å². The number of anilines is 1. The summed E-state index contributed by atoms with van der Waals surface area (Å²) < 4.78 is 0. The van der Waals surface area contributed by atoms with Crippen molar-refractivity contribution in [2.45, 2.75) is 25.8 Å². The zero-order valence-electron chi connectivity index (χ0n) is 11.5. The van der Waals surface area contributed by atoms with E-state index >= 15 is 0 Å². The average molecular weight is 316 g/mol. The molecule has 0 atom stereocenters. The Balaban J connectivity index is 1.99. The highest BCUT2D eigenvalue weighted by atomic mass is 35.5. The van der Waals surface area contributed by atoms with Gasteiger partial charge in [-0.15, -0.1) is 0 Å². The second-order valence-electron chi connectivity index (χ2n) is 5.04. The molecule has 0 unspecified atom stereocenters. The Hall–Kier alpha value is -0.970. The minimum atomic E-state index is -0.149. The molecule has 2 rings (SSSR count). The van der Waals surface area contributed by atoms with Crippen LogP contribution < -0.4 is 11.1 Å². The highest BCUT2D eigenvalue weighted by molar-refractivity contribution is 6.39. The van der Waals surface area contributed by atoms with Crippen LogP contribution in [0.3, 0.4) is 0 Å². The average Bonchev–Trinajstić information content (AvgIpc) is 2.45. The number of nitrogen functional groups attached to an aromatic ring is 1. The molecular weight excluding hydrogens is 297 g/mol. The monoisotopic (exact) mass is 315 g/mol. The van der Waals surface area contributed by atoms with Crippen LogP contribution in [0.15, 0.2) is 12.1 Å². The minimum Gasteiger partial charge on any atom is -0.396 e. The highest BCUT2D eigenvalue weighted by Gasteiger charge is 2.20.